The summed E-state index contributed by atoms with van der Waals surface area (Å²) in [6.45, 7) is 1.88. The molecular weight excluding hydrogens is 310 g/mol. The van der Waals surface area contributed by atoms with Crippen LogP contribution in [0, 0.1) is 6.92 Å². The molecule has 0 aliphatic rings. The average molecular weight is 317 g/mol. The summed E-state index contributed by atoms with van der Waals surface area (Å²) in [6.07, 6.45) is 1.75. The van der Waals surface area contributed by atoms with E-state index in [1.54, 1.807) is 6.20 Å². The lowest BCUT2D eigenvalue weighted by Gasteiger charge is -2.01. The molecule has 0 bridgehead atoms. The van der Waals surface area contributed by atoms with E-state index in [1.807, 2.05) is 25.1 Å². The molecule has 0 atom stereocenters. The lowest BCUT2D eigenvalue weighted by atomic mass is 10.5. The first kappa shape index (κ1) is 11.8. The normalized spacial score (nSPS) is 10.4. The summed E-state index contributed by atoms with van der Waals surface area (Å²) in [5.74, 6) is 0. The summed E-state index contributed by atoms with van der Waals surface area (Å²) >= 11 is 10.6. The Morgan fingerprint density at radius 3 is 2.69 bits per heavy atom. The Balaban J connectivity index is 2.23. The van der Waals surface area contributed by atoms with Crippen LogP contribution >= 0.6 is 39.3 Å². The molecule has 2 aromatic rings. The van der Waals surface area contributed by atoms with E-state index in [2.05, 4.69) is 30.9 Å². The van der Waals surface area contributed by atoms with Gasteiger partial charge in [0.2, 0.25) is 5.28 Å². The second-order valence-corrected chi connectivity index (χ2v) is 5.33. The standard InChI is InChI=1S/C10H7BrClN3S/c1-6-4-9(15-10(12)14-6)16-8-3-2-7(11)5-13-8/h2-5H,1H3. The van der Waals surface area contributed by atoms with Gasteiger partial charge in [-0.2, -0.15) is 0 Å². The predicted octanol–water partition coefficient (Wildman–Crippen LogP) is 3.75. The Morgan fingerprint density at radius 2 is 2.06 bits per heavy atom. The van der Waals surface area contributed by atoms with Crippen LogP contribution < -0.4 is 0 Å². The van der Waals surface area contributed by atoms with Gasteiger partial charge in [-0.05, 0) is 64.4 Å². The molecular formula is C10H7BrClN3S. The minimum absolute atomic E-state index is 0.264. The van der Waals surface area contributed by atoms with Gasteiger partial charge in [-0.3, -0.25) is 0 Å². The molecule has 6 heteroatoms. The summed E-state index contributed by atoms with van der Waals surface area (Å²) in [7, 11) is 0. The van der Waals surface area contributed by atoms with Gasteiger partial charge in [0.25, 0.3) is 0 Å². The van der Waals surface area contributed by atoms with Crippen LogP contribution in [0.15, 0.2) is 38.9 Å². The van der Waals surface area contributed by atoms with Gasteiger partial charge in [-0.25, -0.2) is 15.0 Å². The third kappa shape index (κ3) is 3.17. The van der Waals surface area contributed by atoms with Gasteiger partial charge in [-0.15, -0.1) is 0 Å². The number of hydrogen-bond donors (Lipinski definition) is 0. The van der Waals surface area contributed by atoms with Crippen molar-refractivity contribution in [3.8, 4) is 0 Å². The number of aromatic nitrogens is 3. The highest BCUT2D eigenvalue weighted by atomic mass is 79.9. The average Bonchev–Trinajstić information content (AvgIpc) is 2.20. The van der Waals surface area contributed by atoms with Gasteiger partial charge in [0.1, 0.15) is 10.1 Å². The largest absolute Gasteiger partial charge is 0.248 e. The molecule has 2 heterocycles. The summed E-state index contributed by atoms with van der Waals surface area (Å²) in [5, 5.41) is 1.93. The molecule has 0 saturated carbocycles. The van der Waals surface area contributed by atoms with Crippen molar-refractivity contribution >= 4 is 39.3 Å². The number of nitrogens with zero attached hydrogens (tertiary/aromatic N) is 3. The highest BCUT2D eigenvalue weighted by Gasteiger charge is 2.03. The van der Waals surface area contributed by atoms with E-state index < -0.39 is 0 Å². The maximum atomic E-state index is 5.78. The third-order valence-corrected chi connectivity index (χ3v) is 3.22. The first-order chi connectivity index (χ1) is 7.63. The molecule has 0 fully saturated rings. The predicted molar refractivity (Wildman–Crippen MR) is 67.8 cm³/mol. The number of halogens is 2. The van der Waals surface area contributed by atoms with E-state index in [1.165, 1.54) is 11.8 Å². The van der Waals surface area contributed by atoms with Crippen LogP contribution in [0.25, 0.3) is 0 Å². The molecule has 0 saturated heterocycles. The SMILES string of the molecule is Cc1cc(Sc2ccc(Br)cn2)nc(Cl)n1. The molecule has 16 heavy (non-hydrogen) atoms. The van der Waals surface area contributed by atoms with Crippen molar-refractivity contribution in [2.24, 2.45) is 0 Å². The van der Waals surface area contributed by atoms with Crippen LogP contribution in [-0.4, -0.2) is 15.0 Å². The second kappa shape index (κ2) is 5.12. The Kier molecular flexibility index (Phi) is 3.78. The maximum absolute atomic E-state index is 5.78. The highest BCUT2D eigenvalue weighted by molar-refractivity contribution is 9.10. The minimum Gasteiger partial charge on any atom is -0.248 e. The van der Waals surface area contributed by atoms with Crippen molar-refractivity contribution in [2.45, 2.75) is 17.0 Å². The van der Waals surface area contributed by atoms with E-state index in [0.29, 0.717) is 0 Å². The van der Waals surface area contributed by atoms with Gasteiger partial charge >= 0.3 is 0 Å². The molecule has 2 rings (SSSR count). The fourth-order valence-electron chi connectivity index (χ4n) is 1.09. The molecule has 2 aromatic heterocycles. The van der Waals surface area contributed by atoms with Crippen molar-refractivity contribution in [1.29, 1.82) is 0 Å². The van der Waals surface area contributed by atoms with Gasteiger partial charge in [-0.1, -0.05) is 0 Å². The Labute approximate surface area is 111 Å². The van der Waals surface area contributed by atoms with E-state index in [0.717, 1.165) is 20.2 Å². The van der Waals surface area contributed by atoms with Crippen LogP contribution in [0.1, 0.15) is 5.69 Å². The minimum atomic E-state index is 0.264. The van der Waals surface area contributed by atoms with Crippen molar-refractivity contribution in [3.05, 3.63) is 39.8 Å². The Hall–Kier alpha value is -0.650. The van der Waals surface area contributed by atoms with E-state index in [4.69, 9.17) is 11.6 Å². The topological polar surface area (TPSA) is 38.7 Å². The van der Waals surface area contributed by atoms with Crippen molar-refractivity contribution in [2.75, 3.05) is 0 Å². The van der Waals surface area contributed by atoms with Gasteiger partial charge < -0.3 is 0 Å². The zero-order valence-corrected chi connectivity index (χ0v) is 11.5. The van der Waals surface area contributed by atoms with Gasteiger partial charge in [0.05, 0.1) is 0 Å². The molecule has 0 unspecified atom stereocenters. The summed E-state index contributed by atoms with van der Waals surface area (Å²) < 4.78 is 0.953. The smallest absolute Gasteiger partial charge is 0.223 e. The lowest BCUT2D eigenvalue weighted by Crippen LogP contribution is -1.89. The van der Waals surface area contributed by atoms with Crippen LogP contribution in [0.3, 0.4) is 0 Å². The summed E-state index contributed by atoms with van der Waals surface area (Å²) in [5.41, 5.74) is 0.847. The third-order valence-electron chi connectivity index (χ3n) is 1.71. The molecule has 0 aliphatic carbocycles. The molecule has 0 aliphatic heterocycles. The molecule has 0 radical (unpaired) electrons. The zero-order valence-electron chi connectivity index (χ0n) is 8.32. The Morgan fingerprint density at radius 1 is 1.25 bits per heavy atom. The molecule has 0 aromatic carbocycles. The van der Waals surface area contributed by atoms with Crippen LogP contribution in [0.4, 0.5) is 0 Å². The first-order valence-corrected chi connectivity index (χ1v) is 6.43. The molecule has 0 spiro atoms. The van der Waals surface area contributed by atoms with Crippen LogP contribution in [-0.2, 0) is 0 Å². The number of aryl methyl sites for hydroxylation is 1. The number of pyridine rings is 1. The Bertz CT molecular complexity index is 484. The fourth-order valence-corrected chi connectivity index (χ4v) is 2.41. The van der Waals surface area contributed by atoms with Crippen LogP contribution in [0.2, 0.25) is 5.28 Å². The number of hydrogen-bond acceptors (Lipinski definition) is 4. The lowest BCUT2D eigenvalue weighted by molar-refractivity contribution is 1.00. The van der Waals surface area contributed by atoms with Gasteiger partial charge in [0, 0.05) is 16.4 Å². The van der Waals surface area contributed by atoms with Crippen molar-refractivity contribution in [3.63, 3.8) is 0 Å². The first-order valence-electron chi connectivity index (χ1n) is 4.44. The quantitative estimate of drug-likeness (QED) is 0.625. The van der Waals surface area contributed by atoms with Crippen molar-refractivity contribution in [1.82, 2.24) is 15.0 Å². The van der Waals surface area contributed by atoms with Crippen LogP contribution in [0.5, 0.6) is 0 Å². The monoisotopic (exact) mass is 315 g/mol. The molecule has 82 valence electrons. The molecule has 0 N–H and O–H groups in total. The highest BCUT2D eigenvalue weighted by Crippen LogP contribution is 2.26. The fraction of sp³-hybridized carbons (Fsp3) is 0.100. The van der Waals surface area contributed by atoms with E-state index in [9.17, 15) is 0 Å². The zero-order chi connectivity index (χ0) is 11.5. The van der Waals surface area contributed by atoms with Gasteiger partial charge in [0.15, 0.2) is 0 Å². The van der Waals surface area contributed by atoms with E-state index in [-0.39, 0.29) is 5.28 Å². The molecule has 0 amide bonds. The maximum Gasteiger partial charge on any atom is 0.223 e. The number of rotatable bonds is 2. The second-order valence-electron chi connectivity index (χ2n) is 3.03. The molecule has 3 nitrogen and oxygen atoms in total. The summed E-state index contributed by atoms with van der Waals surface area (Å²) in [6, 6.07) is 5.73. The van der Waals surface area contributed by atoms with E-state index >= 15 is 0 Å². The van der Waals surface area contributed by atoms with Crippen molar-refractivity contribution < 1.29 is 0 Å². The summed E-state index contributed by atoms with van der Waals surface area (Å²) in [4.78, 5) is 12.4.